The number of nitrogens with zero attached hydrogens (tertiary/aromatic N) is 2. The lowest BCUT2D eigenvalue weighted by molar-refractivity contribution is 0.0697. The molecule has 18 heavy (non-hydrogen) atoms. The Labute approximate surface area is 105 Å². The quantitative estimate of drug-likeness (QED) is 0.762. The third kappa shape index (κ3) is 2.95. The van der Waals surface area contributed by atoms with Gasteiger partial charge in [0.25, 0.3) is 0 Å². The summed E-state index contributed by atoms with van der Waals surface area (Å²) in [4.78, 5) is 11.0. The second-order valence-corrected chi connectivity index (χ2v) is 4.69. The molecule has 1 aromatic heterocycles. The first-order chi connectivity index (χ1) is 8.67. The fourth-order valence-corrected chi connectivity index (χ4v) is 1.92. The predicted octanol–water partition coefficient (Wildman–Crippen LogP) is 1.40. The van der Waals surface area contributed by atoms with Gasteiger partial charge in [-0.05, 0) is 30.7 Å². The zero-order chi connectivity index (χ0) is 13.0. The van der Waals surface area contributed by atoms with Gasteiger partial charge < -0.3 is 15.2 Å². The summed E-state index contributed by atoms with van der Waals surface area (Å²) in [7, 11) is 1.69. The van der Waals surface area contributed by atoms with Crippen molar-refractivity contribution in [2.24, 2.45) is 5.41 Å². The van der Waals surface area contributed by atoms with Gasteiger partial charge in [-0.3, -0.25) is 0 Å². The number of carbonyl (C=O) groups is 1. The van der Waals surface area contributed by atoms with Crippen LogP contribution in [0.4, 0.5) is 5.82 Å². The van der Waals surface area contributed by atoms with Crippen molar-refractivity contribution >= 4 is 11.8 Å². The molecule has 1 aromatic rings. The molecule has 1 saturated carbocycles. The topological polar surface area (TPSA) is 84.3 Å². The maximum atomic E-state index is 11.0. The highest BCUT2D eigenvalue weighted by Crippen LogP contribution is 2.48. The summed E-state index contributed by atoms with van der Waals surface area (Å²) in [6.45, 7) is 1.45. The van der Waals surface area contributed by atoms with E-state index in [1.807, 2.05) is 0 Å². The van der Waals surface area contributed by atoms with E-state index in [0.717, 1.165) is 32.4 Å². The first-order valence-corrected chi connectivity index (χ1v) is 5.95. The van der Waals surface area contributed by atoms with Crippen LogP contribution in [0.1, 0.15) is 29.6 Å². The maximum Gasteiger partial charge on any atom is 0.339 e. The highest BCUT2D eigenvalue weighted by atomic mass is 16.5. The first kappa shape index (κ1) is 12.8. The molecule has 0 saturated heterocycles. The van der Waals surface area contributed by atoms with Gasteiger partial charge in [0.05, 0.1) is 6.20 Å². The molecule has 0 aliphatic heterocycles. The highest BCUT2D eigenvalue weighted by Gasteiger charge is 2.41. The van der Waals surface area contributed by atoms with Crippen LogP contribution in [-0.4, -0.2) is 41.5 Å². The molecule has 0 bridgehead atoms. The van der Waals surface area contributed by atoms with E-state index in [1.54, 1.807) is 7.11 Å². The number of carboxylic acids is 1. The Bertz CT molecular complexity index is 432. The molecule has 2 N–H and O–H groups in total. The van der Waals surface area contributed by atoms with E-state index in [2.05, 4.69) is 15.5 Å². The molecule has 6 heteroatoms. The van der Waals surface area contributed by atoms with Gasteiger partial charge in [0.1, 0.15) is 5.56 Å². The molecular weight excluding hydrogens is 234 g/mol. The summed E-state index contributed by atoms with van der Waals surface area (Å²) in [5, 5.41) is 19.7. The van der Waals surface area contributed by atoms with Crippen molar-refractivity contribution < 1.29 is 14.6 Å². The van der Waals surface area contributed by atoms with Gasteiger partial charge in [-0.25, -0.2) is 4.79 Å². The lowest BCUT2D eigenvalue weighted by Gasteiger charge is -2.16. The molecule has 0 atom stereocenters. The van der Waals surface area contributed by atoms with E-state index < -0.39 is 5.97 Å². The van der Waals surface area contributed by atoms with Gasteiger partial charge in [0, 0.05) is 20.3 Å². The van der Waals surface area contributed by atoms with Crippen LogP contribution < -0.4 is 5.32 Å². The molecule has 1 heterocycles. The minimum atomic E-state index is -0.992. The molecule has 0 aromatic carbocycles. The van der Waals surface area contributed by atoms with Crippen molar-refractivity contribution in [3.8, 4) is 0 Å². The monoisotopic (exact) mass is 251 g/mol. The summed E-state index contributed by atoms with van der Waals surface area (Å²) in [6.07, 6.45) is 4.66. The standard InChI is InChI=1S/C12H17N3O3/c1-18-7-5-12(3-4-12)8-13-10-9(11(16)17)2-6-14-15-10/h2,6H,3-5,7-8H2,1H3,(H,13,15)(H,16,17). The number of anilines is 1. The molecule has 98 valence electrons. The van der Waals surface area contributed by atoms with E-state index >= 15 is 0 Å². The number of hydrogen-bond acceptors (Lipinski definition) is 5. The molecule has 1 aliphatic rings. The SMILES string of the molecule is COCCC1(CNc2nnccc2C(=O)O)CC1. The fourth-order valence-electron chi connectivity index (χ4n) is 1.92. The Balaban J connectivity index is 1.96. The van der Waals surface area contributed by atoms with Crippen LogP contribution in [-0.2, 0) is 4.74 Å². The number of aromatic nitrogens is 2. The van der Waals surface area contributed by atoms with Crippen LogP contribution in [0.25, 0.3) is 0 Å². The first-order valence-electron chi connectivity index (χ1n) is 5.95. The number of aromatic carboxylic acids is 1. The van der Waals surface area contributed by atoms with Crippen LogP contribution in [0, 0.1) is 5.41 Å². The normalized spacial score (nSPS) is 16.3. The van der Waals surface area contributed by atoms with Crippen LogP contribution in [0.2, 0.25) is 0 Å². The molecule has 1 fully saturated rings. The molecule has 0 radical (unpaired) electrons. The summed E-state index contributed by atoms with van der Waals surface area (Å²) >= 11 is 0. The third-order valence-electron chi connectivity index (χ3n) is 3.38. The van der Waals surface area contributed by atoms with Crippen molar-refractivity contribution in [2.45, 2.75) is 19.3 Å². The van der Waals surface area contributed by atoms with Crippen molar-refractivity contribution in [2.75, 3.05) is 25.6 Å². The van der Waals surface area contributed by atoms with Crippen molar-refractivity contribution in [3.05, 3.63) is 17.8 Å². The van der Waals surface area contributed by atoms with Crippen molar-refractivity contribution in [1.82, 2.24) is 10.2 Å². The fraction of sp³-hybridized carbons (Fsp3) is 0.583. The summed E-state index contributed by atoms with van der Waals surface area (Å²) in [5.41, 5.74) is 0.399. The number of nitrogens with one attached hydrogen (secondary N) is 1. The van der Waals surface area contributed by atoms with Gasteiger partial charge >= 0.3 is 5.97 Å². The van der Waals surface area contributed by atoms with Crippen LogP contribution in [0.3, 0.4) is 0 Å². The summed E-state index contributed by atoms with van der Waals surface area (Å²) < 4.78 is 5.08. The van der Waals surface area contributed by atoms with Gasteiger partial charge in [-0.1, -0.05) is 0 Å². The molecule has 2 rings (SSSR count). The maximum absolute atomic E-state index is 11.0. The van der Waals surface area contributed by atoms with Crippen LogP contribution >= 0.6 is 0 Å². The van der Waals surface area contributed by atoms with E-state index in [1.165, 1.54) is 12.3 Å². The van der Waals surface area contributed by atoms with E-state index in [9.17, 15) is 4.79 Å². The molecule has 0 amide bonds. The lowest BCUT2D eigenvalue weighted by Crippen LogP contribution is -2.19. The molecule has 6 nitrogen and oxygen atoms in total. The Morgan fingerprint density at radius 2 is 2.39 bits per heavy atom. The number of rotatable bonds is 7. The minimum absolute atomic E-state index is 0.160. The Morgan fingerprint density at radius 1 is 1.61 bits per heavy atom. The molecule has 1 aliphatic carbocycles. The Hall–Kier alpha value is -1.69. The minimum Gasteiger partial charge on any atom is -0.478 e. The number of hydrogen-bond donors (Lipinski definition) is 2. The largest absolute Gasteiger partial charge is 0.478 e. The third-order valence-corrected chi connectivity index (χ3v) is 3.38. The molecular formula is C12H17N3O3. The zero-order valence-corrected chi connectivity index (χ0v) is 10.3. The van der Waals surface area contributed by atoms with Crippen molar-refractivity contribution in [1.29, 1.82) is 0 Å². The second kappa shape index (κ2) is 5.30. The zero-order valence-electron chi connectivity index (χ0n) is 10.3. The molecule has 0 spiro atoms. The lowest BCUT2D eigenvalue weighted by atomic mass is 10.0. The predicted molar refractivity (Wildman–Crippen MR) is 65.6 cm³/mol. The summed E-state index contributed by atoms with van der Waals surface area (Å²) in [5.74, 6) is -0.650. The van der Waals surface area contributed by atoms with Gasteiger partial charge in [0.2, 0.25) is 0 Å². The van der Waals surface area contributed by atoms with E-state index in [0.29, 0.717) is 5.82 Å². The number of ether oxygens (including phenoxy) is 1. The average molecular weight is 251 g/mol. The number of carboxylic acid groups (broad SMARTS) is 1. The second-order valence-electron chi connectivity index (χ2n) is 4.69. The van der Waals surface area contributed by atoms with Crippen LogP contribution in [0.5, 0.6) is 0 Å². The number of methoxy groups -OCH3 is 1. The highest BCUT2D eigenvalue weighted by molar-refractivity contribution is 5.92. The van der Waals surface area contributed by atoms with E-state index in [-0.39, 0.29) is 11.0 Å². The average Bonchev–Trinajstić information content (AvgIpc) is 3.15. The van der Waals surface area contributed by atoms with E-state index in [4.69, 9.17) is 9.84 Å². The van der Waals surface area contributed by atoms with Gasteiger partial charge in [-0.2, -0.15) is 5.10 Å². The van der Waals surface area contributed by atoms with Gasteiger partial charge in [0.15, 0.2) is 5.82 Å². The smallest absolute Gasteiger partial charge is 0.339 e. The summed E-state index contributed by atoms with van der Waals surface area (Å²) in [6, 6.07) is 1.45. The van der Waals surface area contributed by atoms with Crippen molar-refractivity contribution in [3.63, 3.8) is 0 Å². The Morgan fingerprint density at radius 3 is 3.00 bits per heavy atom. The van der Waals surface area contributed by atoms with Gasteiger partial charge in [-0.15, -0.1) is 5.10 Å². The Kier molecular flexibility index (Phi) is 3.76. The van der Waals surface area contributed by atoms with Crippen LogP contribution in [0.15, 0.2) is 12.3 Å². The molecule has 0 unspecified atom stereocenters.